The summed E-state index contributed by atoms with van der Waals surface area (Å²) in [6.45, 7) is 4.31. The minimum atomic E-state index is -0.453. The summed E-state index contributed by atoms with van der Waals surface area (Å²) in [7, 11) is 3.14. The second-order valence-electron chi connectivity index (χ2n) is 5.67. The van der Waals surface area contributed by atoms with Gasteiger partial charge in [0.1, 0.15) is 11.8 Å². The van der Waals surface area contributed by atoms with E-state index in [4.69, 9.17) is 14.2 Å². The van der Waals surface area contributed by atoms with E-state index >= 15 is 0 Å². The predicted molar refractivity (Wildman–Crippen MR) is 106 cm³/mol. The molecule has 7 nitrogen and oxygen atoms in total. The Morgan fingerprint density at radius 1 is 1.11 bits per heavy atom. The molecule has 7 heteroatoms. The monoisotopic (exact) mass is 371 g/mol. The molecule has 1 atom stereocenters. The van der Waals surface area contributed by atoms with Gasteiger partial charge in [0.15, 0.2) is 11.5 Å². The number of nitrogens with zero attached hydrogens (tertiary/aromatic N) is 1. The molecule has 0 saturated heterocycles. The van der Waals surface area contributed by atoms with Crippen molar-refractivity contribution in [1.82, 2.24) is 5.43 Å². The topological polar surface area (TPSA) is 81.2 Å². The van der Waals surface area contributed by atoms with E-state index in [-0.39, 0.29) is 5.91 Å². The predicted octanol–water partition coefficient (Wildman–Crippen LogP) is 3.05. The quantitative estimate of drug-likeness (QED) is 0.523. The molecular formula is C20H25N3O4. The highest BCUT2D eigenvalue weighted by atomic mass is 16.5. The number of benzene rings is 2. The molecule has 0 spiro atoms. The third-order valence-corrected chi connectivity index (χ3v) is 3.74. The maximum atomic E-state index is 12.2. The lowest BCUT2D eigenvalue weighted by Crippen LogP contribution is -2.34. The number of amides is 1. The van der Waals surface area contributed by atoms with Crippen LogP contribution in [0.25, 0.3) is 0 Å². The maximum Gasteiger partial charge on any atom is 0.262 e. The molecule has 0 heterocycles. The van der Waals surface area contributed by atoms with Crippen molar-refractivity contribution in [2.45, 2.75) is 19.9 Å². The Kier molecular flexibility index (Phi) is 7.49. The van der Waals surface area contributed by atoms with E-state index in [1.54, 1.807) is 39.5 Å². The number of hydrogen-bond donors (Lipinski definition) is 2. The SMILES string of the molecule is CCOc1ccc(NC(C)C(=O)N/N=C/c2ccc(OC)c(OC)c2)cc1. The van der Waals surface area contributed by atoms with Gasteiger partial charge in [-0.2, -0.15) is 5.10 Å². The van der Waals surface area contributed by atoms with Crippen LogP contribution in [0, 0.1) is 0 Å². The van der Waals surface area contributed by atoms with Crippen molar-refractivity contribution in [3.63, 3.8) is 0 Å². The summed E-state index contributed by atoms with van der Waals surface area (Å²) in [5.74, 6) is 1.77. The first-order valence-electron chi connectivity index (χ1n) is 8.61. The number of nitrogens with one attached hydrogen (secondary N) is 2. The van der Waals surface area contributed by atoms with E-state index in [1.165, 1.54) is 0 Å². The van der Waals surface area contributed by atoms with Crippen LogP contribution in [0.3, 0.4) is 0 Å². The minimum Gasteiger partial charge on any atom is -0.494 e. The van der Waals surface area contributed by atoms with Crippen LogP contribution in [0.15, 0.2) is 47.6 Å². The van der Waals surface area contributed by atoms with Crippen LogP contribution in [0.2, 0.25) is 0 Å². The summed E-state index contributed by atoms with van der Waals surface area (Å²) in [5, 5.41) is 7.11. The third-order valence-electron chi connectivity index (χ3n) is 3.74. The maximum absolute atomic E-state index is 12.2. The van der Waals surface area contributed by atoms with Gasteiger partial charge in [-0.3, -0.25) is 4.79 Å². The normalized spacial score (nSPS) is 11.7. The van der Waals surface area contributed by atoms with Gasteiger partial charge in [-0.25, -0.2) is 5.43 Å². The number of hydrazone groups is 1. The first-order valence-corrected chi connectivity index (χ1v) is 8.61. The summed E-state index contributed by atoms with van der Waals surface area (Å²) in [5.41, 5.74) is 4.12. The Labute approximate surface area is 159 Å². The molecule has 1 unspecified atom stereocenters. The van der Waals surface area contributed by atoms with E-state index in [2.05, 4.69) is 15.8 Å². The summed E-state index contributed by atoms with van der Waals surface area (Å²) >= 11 is 0. The van der Waals surface area contributed by atoms with Gasteiger partial charge in [-0.1, -0.05) is 0 Å². The van der Waals surface area contributed by atoms with Crippen molar-refractivity contribution < 1.29 is 19.0 Å². The molecule has 2 aromatic rings. The molecule has 0 aliphatic rings. The molecule has 2 rings (SSSR count). The van der Waals surface area contributed by atoms with Gasteiger partial charge in [-0.05, 0) is 61.9 Å². The molecule has 27 heavy (non-hydrogen) atoms. The highest BCUT2D eigenvalue weighted by Crippen LogP contribution is 2.26. The van der Waals surface area contributed by atoms with E-state index in [0.29, 0.717) is 18.1 Å². The van der Waals surface area contributed by atoms with E-state index in [0.717, 1.165) is 17.0 Å². The molecule has 0 aliphatic carbocycles. The zero-order valence-corrected chi connectivity index (χ0v) is 16.0. The second kappa shape index (κ2) is 10.1. The molecule has 144 valence electrons. The zero-order chi connectivity index (χ0) is 19.6. The fourth-order valence-corrected chi connectivity index (χ4v) is 2.33. The molecular weight excluding hydrogens is 346 g/mol. The average Bonchev–Trinajstić information content (AvgIpc) is 2.69. The number of anilines is 1. The lowest BCUT2D eigenvalue weighted by molar-refractivity contribution is -0.121. The summed E-state index contributed by atoms with van der Waals surface area (Å²) < 4.78 is 15.8. The van der Waals surface area contributed by atoms with Crippen LogP contribution in [-0.4, -0.2) is 39.0 Å². The second-order valence-corrected chi connectivity index (χ2v) is 5.67. The van der Waals surface area contributed by atoms with Gasteiger partial charge in [0.05, 0.1) is 27.0 Å². The Hall–Kier alpha value is -3.22. The first-order chi connectivity index (χ1) is 13.1. The molecule has 1 amide bonds. The van der Waals surface area contributed by atoms with Gasteiger partial charge in [0.25, 0.3) is 5.91 Å². The molecule has 0 saturated carbocycles. The van der Waals surface area contributed by atoms with Crippen molar-refractivity contribution in [3.8, 4) is 17.2 Å². The molecule has 0 aromatic heterocycles. The number of carbonyl (C=O) groups is 1. The number of hydrogen-bond acceptors (Lipinski definition) is 6. The van der Waals surface area contributed by atoms with Gasteiger partial charge >= 0.3 is 0 Å². The summed E-state index contributed by atoms with van der Waals surface area (Å²) in [4.78, 5) is 12.2. The number of rotatable bonds is 9. The zero-order valence-electron chi connectivity index (χ0n) is 16.0. The van der Waals surface area contributed by atoms with Crippen molar-refractivity contribution in [2.75, 3.05) is 26.1 Å². The van der Waals surface area contributed by atoms with Crippen LogP contribution >= 0.6 is 0 Å². The highest BCUT2D eigenvalue weighted by Gasteiger charge is 2.11. The van der Waals surface area contributed by atoms with E-state index in [9.17, 15) is 4.79 Å². The van der Waals surface area contributed by atoms with Crippen LogP contribution < -0.4 is 25.0 Å². The van der Waals surface area contributed by atoms with Crippen LogP contribution in [0.4, 0.5) is 5.69 Å². The smallest absolute Gasteiger partial charge is 0.262 e. The molecule has 0 aliphatic heterocycles. The van der Waals surface area contributed by atoms with Gasteiger partial charge in [-0.15, -0.1) is 0 Å². The Morgan fingerprint density at radius 2 is 1.81 bits per heavy atom. The fraction of sp³-hybridized carbons (Fsp3) is 0.300. The molecule has 2 aromatic carbocycles. The minimum absolute atomic E-state index is 0.249. The molecule has 0 fully saturated rings. The van der Waals surface area contributed by atoms with Crippen LogP contribution in [0.1, 0.15) is 19.4 Å². The first kappa shape index (κ1) is 20.1. The van der Waals surface area contributed by atoms with Crippen molar-refractivity contribution in [3.05, 3.63) is 48.0 Å². The molecule has 0 bridgehead atoms. The number of ether oxygens (including phenoxy) is 3. The van der Waals surface area contributed by atoms with Crippen LogP contribution in [0.5, 0.6) is 17.2 Å². The standard InChI is InChI=1S/C20H25N3O4/c1-5-27-17-9-7-16(8-10-17)22-14(2)20(24)23-21-13-15-6-11-18(25-3)19(12-15)26-4/h6-14,22H,5H2,1-4H3,(H,23,24)/b21-13+. The van der Waals surface area contributed by atoms with Crippen molar-refractivity contribution >= 4 is 17.8 Å². The van der Waals surface area contributed by atoms with Gasteiger partial charge in [0, 0.05) is 5.69 Å². The van der Waals surface area contributed by atoms with E-state index < -0.39 is 6.04 Å². The fourth-order valence-electron chi connectivity index (χ4n) is 2.33. The Balaban J connectivity index is 1.89. The number of carbonyl (C=O) groups excluding carboxylic acids is 1. The third kappa shape index (κ3) is 5.91. The van der Waals surface area contributed by atoms with Crippen molar-refractivity contribution in [1.29, 1.82) is 0 Å². The Bertz CT molecular complexity index is 775. The van der Waals surface area contributed by atoms with Gasteiger partial charge < -0.3 is 19.5 Å². The van der Waals surface area contributed by atoms with Gasteiger partial charge in [0.2, 0.25) is 0 Å². The largest absolute Gasteiger partial charge is 0.494 e. The average molecular weight is 371 g/mol. The number of methoxy groups -OCH3 is 2. The summed E-state index contributed by atoms with van der Waals surface area (Å²) in [6.07, 6.45) is 1.55. The summed E-state index contributed by atoms with van der Waals surface area (Å²) in [6, 6.07) is 12.3. The molecule has 0 radical (unpaired) electrons. The van der Waals surface area contributed by atoms with E-state index in [1.807, 2.05) is 37.3 Å². The lowest BCUT2D eigenvalue weighted by Gasteiger charge is -2.14. The van der Waals surface area contributed by atoms with Crippen molar-refractivity contribution in [2.24, 2.45) is 5.10 Å². The lowest BCUT2D eigenvalue weighted by atomic mass is 10.2. The molecule has 2 N–H and O–H groups in total. The highest BCUT2D eigenvalue weighted by molar-refractivity contribution is 5.86. The van der Waals surface area contributed by atoms with Crippen LogP contribution in [-0.2, 0) is 4.79 Å². The Morgan fingerprint density at radius 3 is 2.44 bits per heavy atom.